The summed E-state index contributed by atoms with van der Waals surface area (Å²) in [5, 5.41) is 0. The summed E-state index contributed by atoms with van der Waals surface area (Å²) >= 11 is 0. The average molecular weight is 685 g/mol. The zero-order valence-corrected chi connectivity index (χ0v) is 30.1. The molecule has 50 heavy (non-hydrogen) atoms. The third-order valence-electron chi connectivity index (χ3n) is 11.1. The van der Waals surface area contributed by atoms with E-state index in [2.05, 4.69) is 25.1 Å². The highest BCUT2D eigenvalue weighted by molar-refractivity contribution is 5.94. The highest BCUT2D eigenvalue weighted by Crippen LogP contribution is 2.41. The molecule has 3 aromatic heterocycles. The number of carbonyl (C=O) groups excluding carboxylic acids is 2. The van der Waals surface area contributed by atoms with E-state index in [0.717, 1.165) is 92.4 Å². The van der Waals surface area contributed by atoms with Crippen LogP contribution in [0.1, 0.15) is 93.3 Å². The summed E-state index contributed by atoms with van der Waals surface area (Å²) in [5.41, 5.74) is 3.73. The first-order valence-corrected chi connectivity index (χ1v) is 18.6. The molecule has 3 aromatic rings. The molecule has 4 heterocycles. The number of aryl methyl sites for hydroxylation is 1. The Morgan fingerprint density at radius 2 is 1.64 bits per heavy atom. The van der Waals surface area contributed by atoms with E-state index in [1.165, 1.54) is 0 Å². The molecule has 1 aliphatic heterocycles. The fourth-order valence-electron chi connectivity index (χ4n) is 8.09. The number of hydrogen-bond acceptors (Lipinski definition) is 9. The maximum atomic E-state index is 14.4. The molecule has 3 aliphatic carbocycles. The summed E-state index contributed by atoms with van der Waals surface area (Å²) in [7, 11) is 5.80. The molecule has 0 spiro atoms. The summed E-state index contributed by atoms with van der Waals surface area (Å²) in [4.78, 5) is 47.5. The number of pyridine rings is 2. The van der Waals surface area contributed by atoms with Gasteiger partial charge in [-0.15, -0.1) is 0 Å². The van der Waals surface area contributed by atoms with E-state index in [1.54, 1.807) is 24.5 Å². The Morgan fingerprint density at radius 3 is 2.32 bits per heavy atom. The van der Waals surface area contributed by atoms with Crippen molar-refractivity contribution in [2.45, 2.75) is 89.1 Å². The normalized spacial score (nSPS) is 24.1. The van der Waals surface area contributed by atoms with Crippen LogP contribution < -0.4 is 9.64 Å². The van der Waals surface area contributed by atoms with Gasteiger partial charge < -0.3 is 23.7 Å². The number of aromatic nitrogens is 3. The molecule has 2 amide bonds. The van der Waals surface area contributed by atoms with Crippen LogP contribution in [-0.2, 0) is 9.53 Å². The second-order valence-electron chi connectivity index (χ2n) is 15.3. The van der Waals surface area contributed by atoms with Crippen LogP contribution in [0.4, 0.5) is 10.6 Å². The number of rotatable bonds is 11. The van der Waals surface area contributed by atoms with Crippen molar-refractivity contribution < 1.29 is 23.5 Å². The van der Waals surface area contributed by atoms with E-state index in [4.69, 9.17) is 28.8 Å². The first kappa shape index (κ1) is 34.5. The van der Waals surface area contributed by atoms with E-state index in [0.29, 0.717) is 61.7 Å². The summed E-state index contributed by atoms with van der Waals surface area (Å²) in [6.45, 7) is 5.10. The zero-order chi connectivity index (χ0) is 34.8. The highest BCUT2D eigenvalue weighted by Gasteiger charge is 2.37. The Kier molecular flexibility index (Phi) is 10.4. The van der Waals surface area contributed by atoms with Crippen LogP contribution >= 0.6 is 0 Å². The lowest BCUT2D eigenvalue weighted by molar-refractivity contribution is -0.124. The fourth-order valence-corrected chi connectivity index (χ4v) is 8.09. The molecule has 0 aromatic carbocycles. The molecule has 0 radical (unpaired) electrons. The SMILES string of the molecule is COc1ccc(C2CCC(CN(C(=O)C3CCC(OC(=O)N4CC(CN(C)C)C4)CC3)c3cc(-c4coc(C5CC5)n4)ccn3)CC2)nc1C. The maximum Gasteiger partial charge on any atom is 0.410 e. The van der Waals surface area contributed by atoms with Gasteiger partial charge in [-0.2, -0.15) is 0 Å². The van der Waals surface area contributed by atoms with Gasteiger partial charge in [0.1, 0.15) is 29.6 Å². The fraction of sp³-hybridized carbons (Fsp3) is 0.615. The molecule has 7 rings (SSSR count). The quantitative estimate of drug-likeness (QED) is 0.215. The molecule has 0 N–H and O–H groups in total. The number of methoxy groups -OCH3 is 1. The van der Waals surface area contributed by atoms with Gasteiger partial charge >= 0.3 is 6.09 Å². The van der Waals surface area contributed by atoms with Gasteiger partial charge in [0.25, 0.3) is 0 Å². The second-order valence-corrected chi connectivity index (χ2v) is 15.3. The number of hydrogen-bond donors (Lipinski definition) is 0. The Bertz CT molecular complexity index is 1630. The minimum atomic E-state index is -0.217. The molecule has 11 nitrogen and oxygen atoms in total. The summed E-state index contributed by atoms with van der Waals surface area (Å²) < 4.78 is 17.1. The number of amides is 2. The van der Waals surface area contributed by atoms with E-state index in [-0.39, 0.29) is 24.0 Å². The van der Waals surface area contributed by atoms with Gasteiger partial charge in [0.2, 0.25) is 5.91 Å². The van der Waals surface area contributed by atoms with Gasteiger partial charge in [-0.05, 0) is 115 Å². The first-order valence-electron chi connectivity index (χ1n) is 18.6. The van der Waals surface area contributed by atoms with Gasteiger partial charge in [0.05, 0.1) is 12.8 Å². The number of anilines is 1. The number of likely N-dealkylation sites (tertiary alicyclic amines) is 1. The first-order chi connectivity index (χ1) is 24.2. The van der Waals surface area contributed by atoms with Crippen molar-refractivity contribution in [2.75, 3.05) is 52.3 Å². The van der Waals surface area contributed by atoms with Crippen LogP contribution in [-0.4, -0.2) is 90.2 Å². The molecular weight excluding hydrogens is 632 g/mol. The smallest absolute Gasteiger partial charge is 0.410 e. The molecular formula is C39H52N6O5. The van der Waals surface area contributed by atoms with Crippen molar-refractivity contribution in [3.63, 3.8) is 0 Å². The van der Waals surface area contributed by atoms with Gasteiger partial charge in [-0.3, -0.25) is 14.7 Å². The minimum Gasteiger partial charge on any atom is -0.495 e. The highest BCUT2D eigenvalue weighted by atomic mass is 16.6. The summed E-state index contributed by atoms with van der Waals surface area (Å²) in [6, 6.07) is 8.05. The molecule has 11 heteroatoms. The lowest BCUT2D eigenvalue weighted by atomic mass is 9.79. The van der Waals surface area contributed by atoms with Gasteiger partial charge in [-0.25, -0.2) is 14.8 Å². The van der Waals surface area contributed by atoms with Crippen molar-refractivity contribution in [3.8, 4) is 17.0 Å². The summed E-state index contributed by atoms with van der Waals surface area (Å²) in [5.74, 6) is 3.95. The third-order valence-corrected chi connectivity index (χ3v) is 11.1. The lowest BCUT2D eigenvalue weighted by Crippen LogP contribution is -2.53. The van der Waals surface area contributed by atoms with Crippen molar-refractivity contribution in [1.29, 1.82) is 0 Å². The molecule has 1 saturated heterocycles. The molecule has 0 atom stereocenters. The van der Waals surface area contributed by atoms with Crippen molar-refractivity contribution in [1.82, 2.24) is 24.8 Å². The van der Waals surface area contributed by atoms with Crippen molar-refractivity contribution in [2.24, 2.45) is 17.8 Å². The van der Waals surface area contributed by atoms with E-state index in [9.17, 15) is 9.59 Å². The van der Waals surface area contributed by atoms with E-state index < -0.39 is 0 Å². The van der Waals surface area contributed by atoms with Crippen LogP contribution in [0.25, 0.3) is 11.3 Å². The number of oxazole rings is 1. The molecule has 4 fully saturated rings. The number of carbonyl (C=O) groups is 2. The van der Waals surface area contributed by atoms with Crippen LogP contribution in [0.3, 0.4) is 0 Å². The molecule has 4 aliphatic rings. The minimum absolute atomic E-state index is 0.113. The van der Waals surface area contributed by atoms with Crippen LogP contribution in [0.15, 0.2) is 41.1 Å². The summed E-state index contributed by atoms with van der Waals surface area (Å²) in [6.07, 6.45) is 12.3. The standard InChI is InChI=1S/C39H52N6O5/c1-25-35(48-4)16-15-33(41-25)28-7-5-26(6-8-28)23-45(36-19-31(17-18-40-36)34-24-49-37(42-34)29-9-10-29)38(46)30-11-13-32(14-12-30)50-39(47)44-21-27(22-44)20-43(2)3/h15-19,24,26-30,32H,5-14,20-23H2,1-4H3. The Hall–Kier alpha value is -3.99. The Labute approximate surface area is 295 Å². The van der Waals surface area contributed by atoms with Gasteiger partial charge in [0.15, 0.2) is 5.89 Å². The van der Waals surface area contributed by atoms with Crippen LogP contribution in [0, 0.1) is 24.7 Å². The van der Waals surface area contributed by atoms with Crippen LogP contribution in [0.5, 0.6) is 5.75 Å². The molecule has 0 bridgehead atoms. The van der Waals surface area contributed by atoms with Crippen molar-refractivity contribution >= 4 is 17.8 Å². The number of nitrogens with zero attached hydrogens (tertiary/aromatic N) is 6. The van der Waals surface area contributed by atoms with E-state index in [1.807, 2.05) is 30.0 Å². The predicted octanol–water partition coefficient (Wildman–Crippen LogP) is 6.82. The lowest BCUT2D eigenvalue weighted by Gasteiger charge is -2.41. The van der Waals surface area contributed by atoms with Gasteiger partial charge in [-0.1, -0.05) is 0 Å². The molecule has 268 valence electrons. The Morgan fingerprint density at radius 1 is 0.900 bits per heavy atom. The largest absolute Gasteiger partial charge is 0.495 e. The van der Waals surface area contributed by atoms with Gasteiger partial charge in [0, 0.05) is 67.3 Å². The monoisotopic (exact) mass is 684 g/mol. The van der Waals surface area contributed by atoms with Crippen LogP contribution in [0.2, 0.25) is 0 Å². The third kappa shape index (κ3) is 7.98. The predicted molar refractivity (Wildman–Crippen MR) is 190 cm³/mol. The Balaban J connectivity index is 1.01. The number of ether oxygens (including phenoxy) is 2. The van der Waals surface area contributed by atoms with Crippen molar-refractivity contribution in [3.05, 3.63) is 54.0 Å². The second kappa shape index (κ2) is 15.1. The zero-order valence-electron chi connectivity index (χ0n) is 30.1. The molecule has 3 saturated carbocycles. The topological polar surface area (TPSA) is 114 Å². The maximum absolute atomic E-state index is 14.4. The average Bonchev–Trinajstić information content (AvgIpc) is 3.84. The molecule has 0 unspecified atom stereocenters. The van der Waals surface area contributed by atoms with E-state index >= 15 is 0 Å².